The summed E-state index contributed by atoms with van der Waals surface area (Å²) in [4.78, 5) is 19.4. The summed E-state index contributed by atoms with van der Waals surface area (Å²) in [7, 11) is 0. The van der Waals surface area contributed by atoms with Gasteiger partial charge in [0.25, 0.3) is 5.91 Å². The number of carbonyl (C=O) groups excluding carboxylic acids is 1. The van der Waals surface area contributed by atoms with Crippen molar-refractivity contribution in [1.29, 1.82) is 0 Å². The normalized spacial score (nSPS) is 15.2. The summed E-state index contributed by atoms with van der Waals surface area (Å²) >= 11 is 0. The van der Waals surface area contributed by atoms with E-state index in [9.17, 15) is 4.79 Å². The van der Waals surface area contributed by atoms with Gasteiger partial charge in [0.15, 0.2) is 0 Å². The Morgan fingerprint density at radius 1 is 1.03 bits per heavy atom. The van der Waals surface area contributed by atoms with Crippen molar-refractivity contribution in [3.05, 3.63) is 89.0 Å². The zero-order chi connectivity index (χ0) is 21.6. The van der Waals surface area contributed by atoms with Crippen LogP contribution in [0.4, 0.5) is 0 Å². The van der Waals surface area contributed by atoms with Crippen molar-refractivity contribution in [1.82, 2.24) is 19.8 Å². The Labute approximate surface area is 185 Å². The minimum atomic E-state index is -0.0331. The molecule has 1 aromatic heterocycles. The number of hydrogen-bond acceptors (Lipinski definition) is 3. The molecular formula is C26H32N4O. The predicted octanol–water partition coefficient (Wildman–Crippen LogP) is 4.40. The average molecular weight is 417 g/mol. The molecule has 0 atom stereocenters. The lowest BCUT2D eigenvalue weighted by molar-refractivity contribution is 0.0951. The standard InChI is InChI=1S/C26H32N4O/c1-20-10-13-29(14-11-20)18-22-6-8-25(9-7-22)26(31)28-17-23-4-3-5-24(16-23)19-30-15-12-27-21(30)2/h3-9,12,15-16,20H,10-11,13-14,17-19H2,1-2H3,(H,28,31). The minimum absolute atomic E-state index is 0.0331. The zero-order valence-electron chi connectivity index (χ0n) is 18.6. The second-order valence-electron chi connectivity index (χ2n) is 8.76. The van der Waals surface area contributed by atoms with E-state index in [0.29, 0.717) is 12.1 Å². The van der Waals surface area contributed by atoms with Crippen LogP contribution in [-0.4, -0.2) is 33.4 Å². The van der Waals surface area contributed by atoms with Crippen LogP contribution in [-0.2, 0) is 19.6 Å². The molecule has 0 bridgehead atoms. The van der Waals surface area contributed by atoms with Gasteiger partial charge < -0.3 is 9.88 Å². The lowest BCUT2D eigenvalue weighted by atomic mass is 9.99. The van der Waals surface area contributed by atoms with Gasteiger partial charge in [-0.25, -0.2) is 4.98 Å². The zero-order valence-corrected chi connectivity index (χ0v) is 18.6. The highest BCUT2D eigenvalue weighted by Gasteiger charge is 2.15. The molecule has 162 valence electrons. The van der Waals surface area contributed by atoms with Crippen molar-refractivity contribution in [3.63, 3.8) is 0 Å². The van der Waals surface area contributed by atoms with Crippen molar-refractivity contribution in [2.75, 3.05) is 13.1 Å². The van der Waals surface area contributed by atoms with Gasteiger partial charge in [-0.1, -0.05) is 43.3 Å². The van der Waals surface area contributed by atoms with Gasteiger partial charge in [0.2, 0.25) is 0 Å². The maximum absolute atomic E-state index is 12.6. The number of benzene rings is 2. The second kappa shape index (κ2) is 9.92. The fourth-order valence-corrected chi connectivity index (χ4v) is 4.13. The molecule has 5 heteroatoms. The van der Waals surface area contributed by atoms with E-state index in [-0.39, 0.29) is 5.91 Å². The fourth-order valence-electron chi connectivity index (χ4n) is 4.13. The number of amides is 1. The number of piperidine rings is 1. The largest absolute Gasteiger partial charge is 0.348 e. The Balaban J connectivity index is 1.29. The number of carbonyl (C=O) groups is 1. The molecule has 1 N–H and O–H groups in total. The van der Waals surface area contributed by atoms with Crippen molar-refractivity contribution < 1.29 is 4.79 Å². The molecule has 1 aliphatic heterocycles. The first-order chi connectivity index (χ1) is 15.1. The van der Waals surface area contributed by atoms with E-state index >= 15 is 0 Å². The van der Waals surface area contributed by atoms with Crippen LogP contribution in [0.25, 0.3) is 0 Å². The van der Waals surface area contributed by atoms with Gasteiger partial charge in [-0.15, -0.1) is 0 Å². The number of aromatic nitrogens is 2. The molecule has 3 aromatic rings. The first-order valence-corrected chi connectivity index (χ1v) is 11.2. The molecule has 0 unspecified atom stereocenters. The Kier molecular flexibility index (Phi) is 6.82. The molecular weight excluding hydrogens is 384 g/mol. The fraction of sp³-hybridized carbons (Fsp3) is 0.385. The SMILES string of the molecule is Cc1nccn1Cc1cccc(CNC(=O)c2ccc(CN3CCC(C)CC3)cc2)c1. The van der Waals surface area contributed by atoms with E-state index in [1.807, 2.05) is 43.6 Å². The lowest BCUT2D eigenvalue weighted by Crippen LogP contribution is -2.32. The molecule has 0 saturated carbocycles. The molecule has 2 aromatic carbocycles. The molecule has 5 nitrogen and oxygen atoms in total. The summed E-state index contributed by atoms with van der Waals surface area (Å²) < 4.78 is 2.11. The molecule has 0 spiro atoms. The molecule has 1 fully saturated rings. The number of rotatable bonds is 7. The van der Waals surface area contributed by atoms with E-state index in [1.54, 1.807) is 0 Å². The van der Waals surface area contributed by atoms with Crippen molar-refractivity contribution in [2.45, 2.75) is 46.3 Å². The van der Waals surface area contributed by atoms with Crippen molar-refractivity contribution in [3.8, 4) is 0 Å². The first-order valence-electron chi connectivity index (χ1n) is 11.2. The molecule has 0 radical (unpaired) electrons. The van der Waals surface area contributed by atoms with E-state index < -0.39 is 0 Å². The van der Waals surface area contributed by atoms with Gasteiger partial charge in [0.05, 0.1) is 0 Å². The van der Waals surface area contributed by atoms with Crippen LogP contribution in [0.1, 0.15) is 52.6 Å². The smallest absolute Gasteiger partial charge is 0.251 e. The third-order valence-corrected chi connectivity index (χ3v) is 6.22. The van der Waals surface area contributed by atoms with Gasteiger partial charge in [0.1, 0.15) is 5.82 Å². The van der Waals surface area contributed by atoms with Crippen LogP contribution in [0.5, 0.6) is 0 Å². The topological polar surface area (TPSA) is 50.2 Å². The van der Waals surface area contributed by atoms with Crippen molar-refractivity contribution in [2.24, 2.45) is 5.92 Å². The maximum Gasteiger partial charge on any atom is 0.251 e. The molecule has 1 saturated heterocycles. The minimum Gasteiger partial charge on any atom is -0.348 e. The monoisotopic (exact) mass is 416 g/mol. The highest BCUT2D eigenvalue weighted by atomic mass is 16.1. The lowest BCUT2D eigenvalue weighted by Gasteiger charge is -2.30. The molecule has 1 amide bonds. The van der Waals surface area contributed by atoms with E-state index in [0.717, 1.165) is 30.4 Å². The molecule has 0 aliphatic carbocycles. The van der Waals surface area contributed by atoms with Crippen LogP contribution in [0.15, 0.2) is 60.9 Å². The summed E-state index contributed by atoms with van der Waals surface area (Å²) in [5.41, 5.74) is 4.28. The quantitative estimate of drug-likeness (QED) is 0.621. The molecule has 2 heterocycles. The highest BCUT2D eigenvalue weighted by Crippen LogP contribution is 2.18. The van der Waals surface area contributed by atoms with E-state index in [4.69, 9.17) is 0 Å². The summed E-state index contributed by atoms with van der Waals surface area (Å²) in [5, 5.41) is 3.05. The Bertz CT molecular complexity index is 1000. The number of nitrogens with one attached hydrogen (secondary N) is 1. The number of imidazole rings is 1. The van der Waals surface area contributed by atoms with Crippen LogP contribution in [0.3, 0.4) is 0 Å². The number of likely N-dealkylation sites (tertiary alicyclic amines) is 1. The Morgan fingerprint density at radius 2 is 1.77 bits per heavy atom. The highest BCUT2D eigenvalue weighted by molar-refractivity contribution is 5.94. The number of nitrogens with zero attached hydrogens (tertiary/aromatic N) is 3. The summed E-state index contributed by atoms with van der Waals surface area (Å²) in [5.74, 6) is 1.81. The van der Waals surface area contributed by atoms with Crippen LogP contribution >= 0.6 is 0 Å². The van der Waals surface area contributed by atoms with Gasteiger partial charge >= 0.3 is 0 Å². The molecule has 4 rings (SSSR count). The maximum atomic E-state index is 12.6. The number of aryl methyl sites for hydroxylation is 1. The van der Waals surface area contributed by atoms with Gasteiger partial charge in [-0.2, -0.15) is 0 Å². The Hall–Kier alpha value is -2.92. The molecule has 1 aliphatic rings. The van der Waals surface area contributed by atoms with Gasteiger partial charge in [-0.05, 0) is 67.6 Å². The van der Waals surface area contributed by atoms with Crippen LogP contribution < -0.4 is 5.32 Å². The van der Waals surface area contributed by atoms with Crippen LogP contribution in [0.2, 0.25) is 0 Å². The summed E-state index contributed by atoms with van der Waals surface area (Å²) in [6.07, 6.45) is 6.37. The third-order valence-electron chi connectivity index (χ3n) is 6.22. The van der Waals surface area contributed by atoms with Crippen molar-refractivity contribution >= 4 is 5.91 Å². The van der Waals surface area contributed by atoms with Crippen LogP contribution in [0, 0.1) is 12.8 Å². The average Bonchev–Trinajstić information content (AvgIpc) is 3.19. The van der Waals surface area contributed by atoms with E-state index in [1.165, 1.54) is 37.1 Å². The summed E-state index contributed by atoms with van der Waals surface area (Å²) in [6, 6.07) is 16.4. The predicted molar refractivity (Wildman–Crippen MR) is 124 cm³/mol. The van der Waals surface area contributed by atoms with E-state index in [2.05, 4.69) is 51.0 Å². The first kappa shape index (κ1) is 21.3. The number of hydrogen-bond donors (Lipinski definition) is 1. The second-order valence-corrected chi connectivity index (χ2v) is 8.76. The van der Waals surface area contributed by atoms with Gasteiger partial charge in [0, 0.05) is 37.6 Å². The summed E-state index contributed by atoms with van der Waals surface area (Å²) in [6.45, 7) is 8.95. The molecule has 31 heavy (non-hydrogen) atoms. The third kappa shape index (κ3) is 5.82. The Morgan fingerprint density at radius 3 is 2.48 bits per heavy atom. The van der Waals surface area contributed by atoms with Gasteiger partial charge in [-0.3, -0.25) is 9.69 Å².